The number of aryl methyl sites for hydroxylation is 1. The van der Waals surface area contributed by atoms with Crippen LogP contribution in [-0.4, -0.2) is 36.5 Å². The maximum Gasteiger partial charge on any atom is 0.321 e. The third kappa shape index (κ3) is 8.79. The molecule has 0 N–H and O–H groups in total. The molecule has 0 bridgehead atoms. The van der Waals surface area contributed by atoms with Crippen molar-refractivity contribution in [1.29, 1.82) is 0 Å². The van der Waals surface area contributed by atoms with Gasteiger partial charge < -0.3 is 14.2 Å². The number of hydrogen-bond donors (Lipinski definition) is 0. The van der Waals surface area contributed by atoms with Crippen molar-refractivity contribution in [2.24, 2.45) is 17.8 Å². The standard InChI is InChI=1S/C36H50O8/c1-3-4-5-6-7-8-9-10-11-12-13-14-15-16-17-18-29(37)42-23-28-31(27-22-30(38)43-34(27)39)25-20-19-24(2)21-26(25)32-33(28)36(41)44-35(32)40/h19-21,27-28,31-33H,3-18,22-23H2,1-2H3. The van der Waals surface area contributed by atoms with Crippen LogP contribution in [0, 0.1) is 24.7 Å². The van der Waals surface area contributed by atoms with Gasteiger partial charge in [0.25, 0.3) is 0 Å². The van der Waals surface area contributed by atoms with Crippen molar-refractivity contribution in [3.63, 3.8) is 0 Å². The highest BCUT2D eigenvalue weighted by atomic mass is 16.6. The van der Waals surface area contributed by atoms with Gasteiger partial charge in [0.05, 0.1) is 30.8 Å². The Bertz CT molecular complexity index is 1170. The maximum atomic E-state index is 12.9. The van der Waals surface area contributed by atoms with Crippen LogP contribution in [0.15, 0.2) is 18.2 Å². The number of ether oxygens (including phenoxy) is 3. The Kier molecular flexibility index (Phi) is 13.0. The van der Waals surface area contributed by atoms with Gasteiger partial charge >= 0.3 is 29.8 Å². The van der Waals surface area contributed by atoms with Gasteiger partial charge in [-0.25, -0.2) is 0 Å². The lowest BCUT2D eigenvalue weighted by atomic mass is 9.61. The molecule has 2 aliphatic heterocycles. The number of esters is 5. The number of carbonyl (C=O) groups is 5. The number of rotatable bonds is 19. The predicted molar refractivity (Wildman–Crippen MR) is 164 cm³/mol. The molecule has 44 heavy (non-hydrogen) atoms. The monoisotopic (exact) mass is 610 g/mol. The zero-order valence-electron chi connectivity index (χ0n) is 26.6. The van der Waals surface area contributed by atoms with Gasteiger partial charge in [-0.1, -0.05) is 121 Å². The molecule has 242 valence electrons. The molecule has 0 saturated carbocycles. The first-order valence-corrected chi connectivity index (χ1v) is 17.1. The molecule has 2 heterocycles. The first-order valence-electron chi connectivity index (χ1n) is 17.1. The molecule has 1 aliphatic carbocycles. The minimum absolute atomic E-state index is 0.124. The average Bonchev–Trinajstić information content (AvgIpc) is 3.49. The van der Waals surface area contributed by atoms with Crippen molar-refractivity contribution in [1.82, 2.24) is 0 Å². The first-order chi connectivity index (χ1) is 21.3. The third-order valence-corrected chi connectivity index (χ3v) is 9.70. The van der Waals surface area contributed by atoms with E-state index in [1.807, 2.05) is 25.1 Å². The lowest BCUT2D eigenvalue weighted by Crippen LogP contribution is -2.42. The summed E-state index contributed by atoms with van der Waals surface area (Å²) >= 11 is 0. The van der Waals surface area contributed by atoms with Gasteiger partial charge in [0.2, 0.25) is 0 Å². The molecular formula is C36H50O8. The summed E-state index contributed by atoms with van der Waals surface area (Å²) in [5.41, 5.74) is 2.22. The predicted octanol–water partition coefficient (Wildman–Crippen LogP) is 7.39. The summed E-state index contributed by atoms with van der Waals surface area (Å²) in [5.74, 6) is -6.83. The van der Waals surface area contributed by atoms with Gasteiger partial charge in [0.15, 0.2) is 0 Å². The van der Waals surface area contributed by atoms with Gasteiger partial charge in [-0.3, -0.25) is 24.0 Å². The highest BCUT2D eigenvalue weighted by Crippen LogP contribution is 2.54. The second kappa shape index (κ2) is 16.9. The van der Waals surface area contributed by atoms with E-state index in [0.717, 1.165) is 24.8 Å². The Morgan fingerprint density at radius 3 is 1.89 bits per heavy atom. The zero-order valence-corrected chi connectivity index (χ0v) is 26.6. The molecule has 5 atom stereocenters. The topological polar surface area (TPSA) is 113 Å². The van der Waals surface area contributed by atoms with E-state index in [2.05, 4.69) is 6.92 Å². The van der Waals surface area contributed by atoms with E-state index in [0.29, 0.717) is 11.1 Å². The highest BCUT2D eigenvalue weighted by molar-refractivity contribution is 6.01. The van der Waals surface area contributed by atoms with E-state index < -0.39 is 53.5 Å². The van der Waals surface area contributed by atoms with Crippen LogP contribution in [0.1, 0.15) is 145 Å². The van der Waals surface area contributed by atoms with Crippen LogP contribution in [-0.2, 0) is 38.2 Å². The van der Waals surface area contributed by atoms with Crippen molar-refractivity contribution in [3.8, 4) is 0 Å². The molecule has 5 unspecified atom stereocenters. The number of unbranched alkanes of at least 4 members (excludes halogenated alkanes) is 14. The van der Waals surface area contributed by atoms with Crippen LogP contribution >= 0.6 is 0 Å². The Morgan fingerprint density at radius 1 is 0.727 bits per heavy atom. The van der Waals surface area contributed by atoms with Crippen molar-refractivity contribution in [2.75, 3.05) is 6.61 Å². The summed E-state index contributed by atoms with van der Waals surface area (Å²) in [5, 5.41) is 0. The van der Waals surface area contributed by atoms with Crippen LogP contribution in [0.5, 0.6) is 0 Å². The Balaban J connectivity index is 1.22. The van der Waals surface area contributed by atoms with E-state index in [1.165, 1.54) is 77.0 Å². The minimum Gasteiger partial charge on any atom is -0.465 e. The molecular weight excluding hydrogens is 560 g/mol. The molecule has 2 saturated heterocycles. The van der Waals surface area contributed by atoms with Gasteiger partial charge in [0.1, 0.15) is 0 Å². The first kappa shape index (κ1) is 33.9. The van der Waals surface area contributed by atoms with Crippen LogP contribution in [0.25, 0.3) is 0 Å². The van der Waals surface area contributed by atoms with E-state index in [1.54, 1.807) is 0 Å². The summed E-state index contributed by atoms with van der Waals surface area (Å²) in [6.45, 7) is 3.99. The van der Waals surface area contributed by atoms with Gasteiger partial charge in [0, 0.05) is 18.3 Å². The third-order valence-electron chi connectivity index (χ3n) is 9.70. The molecule has 1 aromatic rings. The fourth-order valence-corrected chi connectivity index (χ4v) is 7.37. The largest absolute Gasteiger partial charge is 0.465 e. The zero-order chi connectivity index (χ0) is 31.5. The van der Waals surface area contributed by atoms with E-state index >= 15 is 0 Å². The summed E-state index contributed by atoms with van der Waals surface area (Å²) in [6, 6.07) is 5.54. The van der Waals surface area contributed by atoms with E-state index in [9.17, 15) is 24.0 Å². The molecule has 0 spiro atoms. The van der Waals surface area contributed by atoms with Gasteiger partial charge in [-0.15, -0.1) is 0 Å². The Hall–Kier alpha value is -3.03. The van der Waals surface area contributed by atoms with Crippen LogP contribution < -0.4 is 0 Å². The molecule has 8 heteroatoms. The van der Waals surface area contributed by atoms with Crippen LogP contribution in [0.4, 0.5) is 0 Å². The fourth-order valence-electron chi connectivity index (χ4n) is 7.37. The molecule has 8 nitrogen and oxygen atoms in total. The Morgan fingerprint density at radius 2 is 1.32 bits per heavy atom. The molecule has 0 radical (unpaired) electrons. The molecule has 3 aliphatic rings. The quantitative estimate of drug-likeness (QED) is 0.0690. The second-order valence-electron chi connectivity index (χ2n) is 13.1. The number of cyclic esters (lactones) is 4. The van der Waals surface area contributed by atoms with Crippen molar-refractivity contribution in [2.45, 2.75) is 135 Å². The molecule has 1 aromatic carbocycles. The lowest BCUT2D eigenvalue weighted by molar-refractivity contribution is -0.157. The molecule has 4 rings (SSSR count). The summed E-state index contributed by atoms with van der Waals surface area (Å²) < 4.78 is 15.6. The fraction of sp³-hybridized carbons (Fsp3) is 0.694. The number of fused-ring (bicyclic) bond motifs is 3. The Labute approximate surface area is 262 Å². The van der Waals surface area contributed by atoms with E-state index in [4.69, 9.17) is 14.2 Å². The summed E-state index contributed by atoms with van der Waals surface area (Å²) in [7, 11) is 0. The SMILES string of the molecule is CCCCCCCCCCCCCCCCCC(=O)OCC1C2C(=O)OC(=O)C2c2cc(C)ccc2C1C1CC(=O)OC1=O. The minimum atomic E-state index is -0.899. The smallest absolute Gasteiger partial charge is 0.321 e. The van der Waals surface area contributed by atoms with Crippen LogP contribution in [0.2, 0.25) is 0 Å². The second-order valence-corrected chi connectivity index (χ2v) is 13.1. The van der Waals surface area contributed by atoms with E-state index in [-0.39, 0.29) is 25.4 Å². The van der Waals surface area contributed by atoms with Crippen LogP contribution in [0.3, 0.4) is 0 Å². The lowest BCUT2D eigenvalue weighted by Gasteiger charge is -2.40. The van der Waals surface area contributed by atoms with Gasteiger partial charge in [-0.2, -0.15) is 0 Å². The number of carbonyl (C=O) groups excluding carboxylic acids is 5. The number of benzene rings is 1. The molecule has 0 aromatic heterocycles. The molecule has 2 fully saturated rings. The highest BCUT2D eigenvalue weighted by Gasteiger charge is 2.59. The van der Waals surface area contributed by atoms with Gasteiger partial charge in [-0.05, 0) is 24.5 Å². The summed E-state index contributed by atoms with van der Waals surface area (Å²) in [4.78, 5) is 63.2. The maximum absolute atomic E-state index is 12.9. The summed E-state index contributed by atoms with van der Waals surface area (Å²) in [6.07, 6.45) is 18.7. The average molecular weight is 611 g/mol. The molecule has 0 amide bonds. The van der Waals surface area contributed by atoms with Crippen molar-refractivity contribution < 1.29 is 38.2 Å². The van der Waals surface area contributed by atoms with Crippen molar-refractivity contribution >= 4 is 29.8 Å². The normalized spacial score (nSPS) is 24.2. The van der Waals surface area contributed by atoms with Crippen molar-refractivity contribution in [3.05, 3.63) is 34.9 Å². The number of hydrogen-bond acceptors (Lipinski definition) is 8.